The number of benzene rings is 2. The fourth-order valence-electron chi connectivity index (χ4n) is 2.01. The van der Waals surface area contributed by atoms with E-state index in [1.165, 1.54) is 12.1 Å². The van der Waals surface area contributed by atoms with Gasteiger partial charge in [0, 0.05) is 17.1 Å². The summed E-state index contributed by atoms with van der Waals surface area (Å²) in [5.74, 6) is 0. The molecule has 0 bridgehead atoms. The molecule has 2 N–H and O–H groups in total. The number of aromatic amines is 1. The van der Waals surface area contributed by atoms with E-state index in [0.29, 0.717) is 0 Å². The molecule has 86 valence electrons. The molecule has 0 saturated heterocycles. The number of fused-ring (bicyclic) bond motifs is 3. The topological polar surface area (TPSA) is 70.2 Å². The lowest BCUT2D eigenvalue weighted by Gasteiger charge is -2.02. The summed E-state index contributed by atoms with van der Waals surface area (Å²) in [5.41, 5.74) is 0.997. The highest BCUT2D eigenvalue weighted by Crippen LogP contribution is 2.26. The first-order valence-electron chi connectivity index (χ1n) is 5.03. The summed E-state index contributed by atoms with van der Waals surface area (Å²) in [4.78, 5) is 3.01. The zero-order chi connectivity index (χ0) is 12.0. The van der Waals surface area contributed by atoms with Crippen LogP contribution < -0.4 is 0 Å². The minimum atomic E-state index is -4.14. The van der Waals surface area contributed by atoms with Gasteiger partial charge in [0.15, 0.2) is 0 Å². The van der Waals surface area contributed by atoms with E-state index < -0.39 is 10.1 Å². The van der Waals surface area contributed by atoms with E-state index in [1.807, 2.05) is 24.4 Å². The van der Waals surface area contributed by atoms with Crippen molar-refractivity contribution in [1.82, 2.24) is 4.98 Å². The van der Waals surface area contributed by atoms with Gasteiger partial charge in [-0.15, -0.1) is 0 Å². The molecule has 0 aliphatic heterocycles. The second-order valence-electron chi connectivity index (χ2n) is 3.86. The smallest absolute Gasteiger partial charge is 0.294 e. The van der Waals surface area contributed by atoms with E-state index >= 15 is 0 Å². The van der Waals surface area contributed by atoms with Crippen molar-refractivity contribution >= 4 is 31.8 Å². The fourth-order valence-corrected chi connectivity index (χ4v) is 2.53. The van der Waals surface area contributed by atoms with Crippen LogP contribution in [0, 0.1) is 0 Å². The van der Waals surface area contributed by atoms with E-state index in [-0.39, 0.29) is 4.90 Å². The Hall–Kier alpha value is -1.85. The van der Waals surface area contributed by atoms with Gasteiger partial charge in [-0.3, -0.25) is 4.55 Å². The molecule has 0 aliphatic carbocycles. The Morgan fingerprint density at radius 2 is 1.82 bits per heavy atom. The Bertz CT molecular complexity index is 818. The molecular formula is C12H9NO3S. The standard InChI is InChI=1S/C12H9NO3S/c14-17(15,16)9-2-3-10-8(7-9)1-4-12-11(10)5-6-13-12/h1-7,13H,(H,14,15,16). The molecule has 0 aliphatic rings. The minimum Gasteiger partial charge on any atom is -0.361 e. The molecule has 3 aromatic rings. The lowest BCUT2D eigenvalue weighted by molar-refractivity contribution is 0.483. The molecule has 0 atom stereocenters. The van der Waals surface area contributed by atoms with E-state index in [1.54, 1.807) is 6.07 Å². The molecule has 0 spiro atoms. The minimum absolute atomic E-state index is 0.0834. The van der Waals surface area contributed by atoms with Crippen LogP contribution in [0.5, 0.6) is 0 Å². The quantitative estimate of drug-likeness (QED) is 0.649. The van der Waals surface area contributed by atoms with Crippen molar-refractivity contribution in [3.63, 3.8) is 0 Å². The fraction of sp³-hybridized carbons (Fsp3) is 0. The zero-order valence-corrected chi connectivity index (χ0v) is 9.53. The molecule has 0 radical (unpaired) electrons. The van der Waals surface area contributed by atoms with Gasteiger partial charge in [-0.05, 0) is 35.0 Å². The predicted molar refractivity (Wildman–Crippen MR) is 65.6 cm³/mol. The lowest BCUT2D eigenvalue weighted by atomic mass is 10.1. The van der Waals surface area contributed by atoms with Crippen molar-refractivity contribution in [2.24, 2.45) is 0 Å². The van der Waals surface area contributed by atoms with Crippen LogP contribution >= 0.6 is 0 Å². The van der Waals surface area contributed by atoms with Gasteiger partial charge in [0.05, 0.1) is 4.90 Å². The van der Waals surface area contributed by atoms with Crippen molar-refractivity contribution in [2.45, 2.75) is 4.90 Å². The lowest BCUT2D eigenvalue weighted by Crippen LogP contribution is -1.97. The molecule has 1 aromatic heterocycles. The van der Waals surface area contributed by atoms with Gasteiger partial charge in [-0.2, -0.15) is 8.42 Å². The van der Waals surface area contributed by atoms with E-state index in [4.69, 9.17) is 4.55 Å². The summed E-state index contributed by atoms with van der Waals surface area (Å²) in [6.45, 7) is 0. The van der Waals surface area contributed by atoms with Crippen LogP contribution in [-0.2, 0) is 10.1 Å². The van der Waals surface area contributed by atoms with Gasteiger partial charge in [0.1, 0.15) is 0 Å². The molecule has 17 heavy (non-hydrogen) atoms. The van der Waals surface area contributed by atoms with E-state index in [0.717, 1.165) is 21.7 Å². The first-order valence-corrected chi connectivity index (χ1v) is 6.47. The molecule has 4 nitrogen and oxygen atoms in total. The highest BCUT2D eigenvalue weighted by atomic mass is 32.2. The van der Waals surface area contributed by atoms with Crippen LogP contribution in [0.25, 0.3) is 21.7 Å². The number of hydrogen-bond donors (Lipinski definition) is 2. The van der Waals surface area contributed by atoms with Crippen molar-refractivity contribution in [1.29, 1.82) is 0 Å². The van der Waals surface area contributed by atoms with E-state index in [2.05, 4.69) is 4.98 Å². The number of aromatic nitrogens is 1. The monoisotopic (exact) mass is 247 g/mol. The van der Waals surface area contributed by atoms with Crippen LogP contribution in [0.1, 0.15) is 0 Å². The van der Waals surface area contributed by atoms with Crippen LogP contribution in [0.2, 0.25) is 0 Å². The van der Waals surface area contributed by atoms with Crippen molar-refractivity contribution in [3.8, 4) is 0 Å². The number of rotatable bonds is 1. The summed E-state index contributed by atoms with van der Waals surface area (Å²) < 4.78 is 31.1. The molecule has 0 amide bonds. The van der Waals surface area contributed by atoms with Gasteiger partial charge < -0.3 is 4.98 Å². The van der Waals surface area contributed by atoms with Crippen LogP contribution in [0.3, 0.4) is 0 Å². The third-order valence-corrected chi connectivity index (χ3v) is 3.67. The normalized spacial score (nSPS) is 12.3. The third-order valence-electron chi connectivity index (χ3n) is 2.82. The Labute approximate surface area is 97.6 Å². The largest absolute Gasteiger partial charge is 0.361 e. The predicted octanol–water partition coefficient (Wildman–Crippen LogP) is 2.57. The van der Waals surface area contributed by atoms with Crippen molar-refractivity contribution in [3.05, 3.63) is 42.6 Å². The number of hydrogen-bond acceptors (Lipinski definition) is 2. The molecule has 2 aromatic carbocycles. The number of H-pyrrole nitrogens is 1. The van der Waals surface area contributed by atoms with Crippen molar-refractivity contribution in [2.75, 3.05) is 0 Å². The molecule has 0 unspecified atom stereocenters. The summed E-state index contributed by atoms with van der Waals surface area (Å²) >= 11 is 0. The van der Waals surface area contributed by atoms with Crippen LogP contribution in [-0.4, -0.2) is 18.0 Å². The maximum Gasteiger partial charge on any atom is 0.294 e. The molecule has 5 heteroatoms. The Morgan fingerprint density at radius 3 is 2.59 bits per heavy atom. The average Bonchev–Trinajstić information content (AvgIpc) is 2.75. The first kappa shape index (κ1) is 10.3. The Morgan fingerprint density at radius 1 is 1.00 bits per heavy atom. The Balaban J connectivity index is 2.42. The van der Waals surface area contributed by atoms with Gasteiger partial charge in [0.2, 0.25) is 0 Å². The van der Waals surface area contributed by atoms with E-state index in [9.17, 15) is 8.42 Å². The van der Waals surface area contributed by atoms with Gasteiger partial charge in [-0.25, -0.2) is 0 Å². The summed E-state index contributed by atoms with van der Waals surface area (Å²) in [6, 6.07) is 10.2. The molecule has 3 rings (SSSR count). The Kier molecular flexibility index (Phi) is 2.01. The van der Waals surface area contributed by atoms with Gasteiger partial charge in [-0.1, -0.05) is 12.1 Å². The maximum atomic E-state index is 11.0. The summed E-state index contributed by atoms with van der Waals surface area (Å²) in [6.07, 6.45) is 1.83. The van der Waals surface area contributed by atoms with Crippen molar-refractivity contribution < 1.29 is 13.0 Å². The molecule has 0 saturated carbocycles. The van der Waals surface area contributed by atoms with Gasteiger partial charge >= 0.3 is 0 Å². The third kappa shape index (κ3) is 1.60. The van der Waals surface area contributed by atoms with Gasteiger partial charge in [0.25, 0.3) is 10.1 Å². The second-order valence-corrected chi connectivity index (χ2v) is 5.28. The molecule has 0 fully saturated rings. The van der Waals surface area contributed by atoms with Crippen LogP contribution in [0.4, 0.5) is 0 Å². The zero-order valence-electron chi connectivity index (χ0n) is 8.71. The summed E-state index contributed by atoms with van der Waals surface area (Å²) in [5, 5.41) is 2.77. The average molecular weight is 247 g/mol. The highest BCUT2D eigenvalue weighted by Gasteiger charge is 2.10. The highest BCUT2D eigenvalue weighted by molar-refractivity contribution is 7.85. The molecular weight excluding hydrogens is 238 g/mol. The summed E-state index contributed by atoms with van der Waals surface area (Å²) in [7, 11) is -4.14. The SMILES string of the molecule is O=S(=O)(O)c1ccc2c(ccc3[nH]ccc32)c1. The maximum absolute atomic E-state index is 11.0. The number of nitrogens with one attached hydrogen (secondary N) is 1. The first-order chi connectivity index (χ1) is 8.05. The van der Waals surface area contributed by atoms with Crippen LogP contribution in [0.15, 0.2) is 47.5 Å². The molecule has 1 heterocycles. The second kappa shape index (κ2) is 3.32.